The number of carbonyl (C=O) groups is 1. The molecule has 4 nitrogen and oxygen atoms in total. The van der Waals surface area contributed by atoms with Gasteiger partial charge in [0.15, 0.2) is 0 Å². The van der Waals surface area contributed by atoms with Crippen LogP contribution < -0.4 is 5.56 Å². The number of fused-ring (bicyclic) bond motifs is 1. The van der Waals surface area contributed by atoms with E-state index in [2.05, 4.69) is 20.9 Å². The van der Waals surface area contributed by atoms with Crippen LogP contribution >= 0.6 is 15.9 Å². The van der Waals surface area contributed by atoms with Gasteiger partial charge < -0.3 is 9.88 Å². The molecule has 0 aliphatic heterocycles. The normalized spacial score (nSPS) is 10.7. The molecule has 5 heteroatoms. The number of aromatic amines is 1. The van der Waals surface area contributed by atoms with Crippen molar-refractivity contribution in [2.24, 2.45) is 0 Å². The van der Waals surface area contributed by atoms with Crippen LogP contribution in [0.1, 0.15) is 16.1 Å². The van der Waals surface area contributed by atoms with Crippen LogP contribution in [0.2, 0.25) is 0 Å². The Hall–Kier alpha value is -2.40. The summed E-state index contributed by atoms with van der Waals surface area (Å²) in [5.74, 6) is -0.219. The van der Waals surface area contributed by atoms with E-state index in [4.69, 9.17) is 0 Å². The maximum absolute atomic E-state index is 12.6. The summed E-state index contributed by atoms with van der Waals surface area (Å²) < 4.78 is 0.951. The van der Waals surface area contributed by atoms with Gasteiger partial charge in [0.25, 0.3) is 11.5 Å². The highest BCUT2D eigenvalue weighted by Crippen LogP contribution is 2.18. The van der Waals surface area contributed by atoms with Crippen molar-refractivity contribution >= 4 is 32.6 Å². The monoisotopic (exact) mass is 370 g/mol. The smallest absolute Gasteiger partial charge is 0.270 e. The van der Waals surface area contributed by atoms with E-state index in [1.54, 1.807) is 30.1 Å². The first-order valence-corrected chi connectivity index (χ1v) is 7.96. The molecule has 1 amide bonds. The summed E-state index contributed by atoms with van der Waals surface area (Å²) in [5.41, 5.74) is 1.05. The SMILES string of the molecule is CN(Cc1ccccc1Br)C(=O)c1cc2ccccc2c(=O)[nH]1. The Morgan fingerprint density at radius 3 is 2.61 bits per heavy atom. The van der Waals surface area contributed by atoms with Crippen molar-refractivity contribution in [3.63, 3.8) is 0 Å². The number of rotatable bonds is 3. The highest BCUT2D eigenvalue weighted by Gasteiger charge is 2.15. The van der Waals surface area contributed by atoms with Gasteiger partial charge in [-0.15, -0.1) is 0 Å². The third-order valence-electron chi connectivity index (χ3n) is 3.70. The third kappa shape index (κ3) is 3.19. The molecule has 0 radical (unpaired) electrons. The first-order valence-electron chi connectivity index (χ1n) is 7.17. The number of benzene rings is 2. The Morgan fingerprint density at radius 1 is 1.13 bits per heavy atom. The van der Waals surface area contributed by atoms with Gasteiger partial charge in [-0.05, 0) is 29.1 Å². The first-order chi connectivity index (χ1) is 11.1. The minimum atomic E-state index is -0.249. The first kappa shape index (κ1) is 15.5. The molecule has 116 valence electrons. The fourth-order valence-corrected chi connectivity index (χ4v) is 2.90. The molecule has 0 fully saturated rings. The Morgan fingerprint density at radius 2 is 1.83 bits per heavy atom. The molecule has 3 aromatic rings. The number of nitrogens with one attached hydrogen (secondary N) is 1. The number of nitrogens with zero attached hydrogens (tertiary/aromatic N) is 1. The Bertz CT molecular complexity index is 933. The van der Waals surface area contributed by atoms with Gasteiger partial charge in [-0.2, -0.15) is 0 Å². The minimum absolute atomic E-state index is 0.219. The van der Waals surface area contributed by atoms with E-state index in [1.165, 1.54) is 0 Å². The fraction of sp³-hybridized carbons (Fsp3) is 0.111. The van der Waals surface area contributed by atoms with Crippen LogP contribution in [0.4, 0.5) is 0 Å². The molecule has 1 aromatic heterocycles. The predicted molar refractivity (Wildman–Crippen MR) is 94.5 cm³/mol. The van der Waals surface area contributed by atoms with E-state index in [0.717, 1.165) is 15.4 Å². The summed E-state index contributed by atoms with van der Waals surface area (Å²) in [7, 11) is 1.72. The van der Waals surface area contributed by atoms with E-state index in [-0.39, 0.29) is 11.5 Å². The zero-order valence-corrected chi connectivity index (χ0v) is 14.1. The second-order valence-electron chi connectivity index (χ2n) is 5.35. The van der Waals surface area contributed by atoms with E-state index in [0.29, 0.717) is 17.6 Å². The molecule has 0 atom stereocenters. The second kappa shape index (κ2) is 6.38. The highest BCUT2D eigenvalue weighted by molar-refractivity contribution is 9.10. The van der Waals surface area contributed by atoms with Gasteiger partial charge in [0, 0.05) is 23.5 Å². The molecular weight excluding hydrogens is 356 g/mol. The van der Waals surface area contributed by atoms with Gasteiger partial charge >= 0.3 is 0 Å². The predicted octanol–water partition coefficient (Wildman–Crippen LogP) is 3.56. The molecule has 1 N–H and O–H groups in total. The zero-order chi connectivity index (χ0) is 16.4. The number of aromatic nitrogens is 1. The summed E-state index contributed by atoms with van der Waals surface area (Å²) in [4.78, 5) is 29.0. The molecule has 0 aliphatic rings. The van der Waals surface area contributed by atoms with Crippen molar-refractivity contribution in [1.29, 1.82) is 0 Å². The van der Waals surface area contributed by atoms with E-state index < -0.39 is 0 Å². The van der Waals surface area contributed by atoms with Gasteiger partial charge in [0.05, 0.1) is 0 Å². The van der Waals surface area contributed by atoms with Gasteiger partial charge in [0.2, 0.25) is 0 Å². The van der Waals surface area contributed by atoms with Crippen molar-refractivity contribution in [3.05, 3.63) is 80.7 Å². The maximum atomic E-state index is 12.6. The minimum Gasteiger partial charge on any atom is -0.336 e. The molecule has 23 heavy (non-hydrogen) atoms. The van der Waals surface area contributed by atoms with E-state index in [1.807, 2.05) is 36.4 Å². The molecule has 0 bridgehead atoms. The summed E-state index contributed by atoms with van der Waals surface area (Å²) >= 11 is 3.48. The molecule has 1 heterocycles. The third-order valence-corrected chi connectivity index (χ3v) is 4.47. The summed E-state index contributed by atoms with van der Waals surface area (Å²) in [6.07, 6.45) is 0. The van der Waals surface area contributed by atoms with Crippen molar-refractivity contribution in [1.82, 2.24) is 9.88 Å². The Balaban J connectivity index is 1.91. The van der Waals surface area contributed by atoms with Crippen molar-refractivity contribution < 1.29 is 4.79 Å². The van der Waals surface area contributed by atoms with Gasteiger partial charge in [0.1, 0.15) is 5.69 Å². The van der Waals surface area contributed by atoms with Gasteiger partial charge in [-0.25, -0.2) is 0 Å². The largest absolute Gasteiger partial charge is 0.336 e. The van der Waals surface area contributed by atoms with Crippen LogP contribution in [-0.2, 0) is 6.54 Å². The Kier molecular flexibility index (Phi) is 4.30. The molecule has 0 aliphatic carbocycles. The highest BCUT2D eigenvalue weighted by atomic mass is 79.9. The summed E-state index contributed by atoms with van der Waals surface area (Å²) in [5, 5.41) is 1.34. The molecule has 0 spiro atoms. The topological polar surface area (TPSA) is 53.2 Å². The van der Waals surface area contributed by atoms with Crippen molar-refractivity contribution in [3.8, 4) is 0 Å². The number of carbonyl (C=O) groups excluding carboxylic acids is 1. The number of hydrogen-bond donors (Lipinski definition) is 1. The number of hydrogen-bond acceptors (Lipinski definition) is 2. The average molecular weight is 371 g/mol. The van der Waals surface area contributed by atoms with Gasteiger partial charge in [-0.3, -0.25) is 9.59 Å². The van der Waals surface area contributed by atoms with Crippen LogP contribution in [-0.4, -0.2) is 22.8 Å². The molecule has 0 unspecified atom stereocenters. The van der Waals surface area contributed by atoms with Crippen LogP contribution in [0.3, 0.4) is 0 Å². The lowest BCUT2D eigenvalue weighted by Crippen LogP contribution is -2.28. The quantitative estimate of drug-likeness (QED) is 0.766. The molecule has 0 saturated carbocycles. The molecule has 0 saturated heterocycles. The summed E-state index contributed by atoms with van der Waals surface area (Å²) in [6.45, 7) is 0.453. The zero-order valence-electron chi connectivity index (χ0n) is 12.5. The van der Waals surface area contributed by atoms with Crippen LogP contribution in [0.25, 0.3) is 10.8 Å². The average Bonchev–Trinajstić information content (AvgIpc) is 2.56. The Labute approximate surface area is 141 Å². The number of pyridine rings is 1. The van der Waals surface area contributed by atoms with Crippen LogP contribution in [0, 0.1) is 0 Å². The van der Waals surface area contributed by atoms with Gasteiger partial charge in [-0.1, -0.05) is 52.3 Å². The van der Waals surface area contributed by atoms with E-state index >= 15 is 0 Å². The maximum Gasteiger partial charge on any atom is 0.270 e. The molecule has 3 rings (SSSR count). The fourth-order valence-electron chi connectivity index (χ4n) is 2.49. The van der Waals surface area contributed by atoms with Crippen molar-refractivity contribution in [2.45, 2.75) is 6.54 Å². The van der Waals surface area contributed by atoms with Crippen LogP contribution in [0.15, 0.2) is 63.9 Å². The number of H-pyrrole nitrogens is 1. The van der Waals surface area contributed by atoms with E-state index in [9.17, 15) is 9.59 Å². The lowest BCUT2D eigenvalue weighted by molar-refractivity contribution is 0.0779. The lowest BCUT2D eigenvalue weighted by atomic mass is 10.1. The summed E-state index contributed by atoms with van der Waals surface area (Å²) in [6, 6.07) is 16.7. The van der Waals surface area contributed by atoms with Crippen LogP contribution in [0.5, 0.6) is 0 Å². The second-order valence-corrected chi connectivity index (χ2v) is 6.21. The number of halogens is 1. The molecular formula is C18H15BrN2O2. The lowest BCUT2D eigenvalue weighted by Gasteiger charge is -2.18. The van der Waals surface area contributed by atoms with Crippen molar-refractivity contribution in [2.75, 3.05) is 7.05 Å². The standard InChI is InChI=1S/C18H15BrN2O2/c1-21(11-13-7-3-5-9-15(13)19)18(23)16-10-12-6-2-4-8-14(12)17(22)20-16/h2-10H,11H2,1H3,(H,20,22). The number of amides is 1. The molecule has 2 aromatic carbocycles.